The topological polar surface area (TPSA) is 41.1 Å². The molecule has 3 nitrogen and oxygen atoms in total. The molecule has 1 atom stereocenters. The van der Waals surface area contributed by atoms with Gasteiger partial charge in [-0.05, 0) is 49.6 Å². The second-order valence-electron chi connectivity index (χ2n) is 5.67. The second-order valence-corrected chi connectivity index (χ2v) is 6.77. The SMILES string of the molecule is Cc1ccccc1CSCCCNC(=O)[C@@H]1CCCNC1. The molecule has 0 aliphatic carbocycles. The number of amides is 1. The van der Waals surface area contributed by atoms with Gasteiger partial charge in [-0.25, -0.2) is 0 Å². The molecule has 1 fully saturated rings. The highest BCUT2D eigenvalue weighted by atomic mass is 32.2. The van der Waals surface area contributed by atoms with Crippen LogP contribution < -0.4 is 10.6 Å². The molecule has 1 aromatic rings. The number of carbonyl (C=O) groups is 1. The standard InChI is InChI=1S/C17H26N2OS/c1-14-6-2-3-7-16(14)13-21-11-5-10-19-17(20)15-8-4-9-18-12-15/h2-3,6-7,15,18H,4-5,8-13H2,1H3,(H,19,20)/t15-/m1/s1. The zero-order valence-corrected chi connectivity index (χ0v) is 13.7. The lowest BCUT2D eigenvalue weighted by atomic mass is 9.99. The molecule has 4 heteroatoms. The molecule has 1 amide bonds. The Morgan fingerprint density at radius 2 is 2.29 bits per heavy atom. The maximum Gasteiger partial charge on any atom is 0.224 e. The molecule has 2 rings (SSSR count). The van der Waals surface area contributed by atoms with E-state index in [2.05, 4.69) is 41.8 Å². The zero-order valence-electron chi connectivity index (χ0n) is 12.9. The summed E-state index contributed by atoms with van der Waals surface area (Å²) in [6.07, 6.45) is 3.19. The Labute approximate surface area is 132 Å². The van der Waals surface area contributed by atoms with Crippen LogP contribution in [-0.4, -0.2) is 31.3 Å². The summed E-state index contributed by atoms with van der Waals surface area (Å²) < 4.78 is 0. The minimum Gasteiger partial charge on any atom is -0.356 e. The molecule has 0 saturated carbocycles. The number of hydrogen-bond donors (Lipinski definition) is 2. The first kappa shape index (κ1) is 16.4. The van der Waals surface area contributed by atoms with Gasteiger partial charge in [0.25, 0.3) is 0 Å². The number of piperidine rings is 1. The fourth-order valence-electron chi connectivity index (χ4n) is 2.56. The largest absolute Gasteiger partial charge is 0.356 e. The number of thioether (sulfide) groups is 1. The first-order valence-electron chi connectivity index (χ1n) is 7.88. The Hall–Kier alpha value is -1.00. The third kappa shape index (κ3) is 5.71. The number of nitrogens with one attached hydrogen (secondary N) is 2. The summed E-state index contributed by atoms with van der Waals surface area (Å²) in [5.41, 5.74) is 2.78. The van der Waals surface area contributed by atoms with Crippen LogP contribution >= 0.6 is 11.8 Å². The number of hydrogen-bond acceptors (Lipinski definition) is 3. The molecule has 2 N–H and O–H groups in total. The third-order valence-corrected chi connectivity index (χ3v) is 5.04. The minimum atomic E-state index is 0.179. The van der Waals surface area contributed by atoms with Crippen molar-refractivity contribution in [2.75, 3.05) is 25.4 Å². The zero-order chi connectivity index (χ0) is 14.9. The highest BCUT2D eigenvalue weighted by Gasteiger charge is 2.19. The highest BCUT2D eigenvalue weighted by molar-refractivity contribution is 7.98. The first-order chi connectivity index (χ1) is 10.3. The summed E-state index contributed by atoms with van der Waals surface area (Å²) in [7, 11) is 0. The van der Waals surface area contributed by atoms with E-state index in [0.29, 0.717) is 0 Å². The molecule has 1 aromatic carbocycles. The van der Waals surface area contributed by atoms with Gasteiger partial charge in [0.15, 0.2) is 0 Å². The van der Waals surface area contributed by atoms with Gasteiger partial charge in [-0.3, -0.25) is 4.79 Å². The fourth-order valence-corrected chi connectivity index (χ4v) is 3.60. The predicted molar refractivity (Wildman–Crippen MR) is 90.6 cm³/mol. The highest BCUT2D eigenvalue weighted by Crippen LogP contribution is 2.16. The minimum absolute atomic E-state index is 0.179. The molecule has 1 heterocycles. The van der Waals surface area contributed by atoms with Crippen LogP contribution in [0, 0.1) is 12.8 Å². The Kier molecular flexibility index (Phi) is 7.10. The van der Waals surface area contributed by atoms with Crippen molar-refractivity contribution in [1.82, 2.24) is 10.6 Å². The van der Waals surface area contributed by atoms with Crippen molar-refractivity contribution in [3.05, 3.63) is 35.4 Å². The van der Waals surface area contributed by atoms with Gasteiger partial charge in [-0.1, -0.05) is 24.3 Å². The van der Waals surface area contributed by atoms with Crippen molar-refractivity contribution in [3.63, 3.8) is 0 Å². The molecule has 1 saturated heterocycles. The van der Waals surface area contributed by atoms with Crippen LogP contribution in [0.5, 0.6) is 0 Å². The lowest BCUT2D eigenvalue weighted by molar-refractivity contribution is -0.125. The molecule has 0 radical (unpaired) electrons. The van der Waals surface area contributed by atoms with E-state index in [1.807, 2.05) is 11.8 Å². The molecule has 1 aliphatic rings. The van der Waals surface area contributed by atoms with Gasteiger partial charge >= 0.3 is 0 Å². The van der Waals surface area contributed by atoms with Gasteiger partial charge in [0.2, 0.25) is 5.91 Å². The van der Waals surface area contributed by atoms with Crippen LogP contribution in [0.1, 0.15) is 30.4 Å². The van der Waals surface area contributed by atoms with E-state index in [4.69, 9.17) is 0 Å². The maximum atomic E-state index is 11.9. The predicted octanol–water partition coefficient (Wildman–Crippen LogP) is 2.73. The first-order valence-corrected chi connectivity index (χ1v) is 9.03. The third-order valence-electron chi connectivity index (χ3n) is 3.95. The van der Waals surface area contributed by atoms with Crippen LogP contribution in [0.3, 0.4) is 0 Å². The number of rotatable bonds is 7. The Balaban J connectivity index is 1.54. The van der Waals surface area contributed by atoms with Crippen LogP contribution in [0.25, 0.3) is 0 Å². The van der Waals surface area contributed by atoms with Crippen molar-refractivity contribution in [1.29, 1.82) is 0 Å². The lowest BCUT2D eigenvalue weighted by Gasteiger charge is -2.21. The summed E-state index contributed by atoms with van der Waals surface area (Å²) in [5.74, 6) is 2.56. The normalized spacial score (nSPS) is 18.4. The Morgan fingerprint density at radius 3 is 3.05 bits per heavy atom. The van der Waals surface area contributed by atoms with E-state index >= 15 is 0 Å². The van der Waals surface area contributed by atoms with Crippen molar-refractivity contribution in [3.8, 4) is 0 Å². The molecule has 21 heavy (non-hydrogen) atoms. The van der Waals surface area contributed by atoms with Gasteiger partial charge in [0.1, 0.15) is 0 Å². The molecule has 0 spiro atoms. The Bertz CT molecular complexity index is 444. The molecular formula is C17H26N2OS. The molecule has 116 valence electrons. The molecular weight excluding hydrogens is 280 g/mol. The summed E-state index contributed by atoms with van der Waals surface area (Å²) in [4.78, 5) is 11.9. The second kappa shape index (κ2) is 9.11. The summed E-state index contributed by atoms with van der Waals surface area (Å²) in [5, 5.41) is 6.36. The fraction of sp³-hybridized carbons (Fsp3) is 0.588. The summed E-state index contributed by atoms with van der Waals surface area (Å²) in [6, 6.07) is 8.54. The smallest absolute Gasteiger partial charge is 0.224 e. The van der Waals surface area contributed by atoms with Crippen LogP contribution in [0.4, 0.5) is 0 Å². The van der Waals surface area contributed by atoms with Gasteiger partial charge in [-0.15, -0.1) is 0 Å². The number of benzene rings is 1. The van der Waals surface area contributed by atoms with Gasteiger partial charge < -0.3 is 10.6 Å². The maximum absolute atomic E-state index is 11.9. The monoisotopic (exact) mass is 306 g/mol. The van der Waals surface area contributed by atoms with Gasteiger partial charge in [0, 0.05) is 18.8 Å². The molecule has 0 aromatic heterocycles. The average molecular weight is 306 g/mol. The molecule has 1 aliphatic heterocycles. The van der Waals surface area contributed by atoms with Gasteiger partial charge in [0.05, 0.1) is 5.92 Å². The van der Waals surface area contributed by atoms with Crippen molar-refractivity contribution in [2.45, 2.75) is 31.9 Å². The summed E-state index contributed by atoms with van der Waals surface area (Å²) in [6.45, 7) is 4.86. The van der Waals surface area contributed by atoms with E-state index in [0.717, 1.165) is 50.4 Å². The molecule has 0 unspecified atom stereocenters. The number of carbonyl (C=O) groups excluding carboxylic acids is 1. The lowest BCUT2D eigenvalue weighted by Crippen LogP contribution is -2.40. The van der Waals surface area contributed by atoms with E-state index in [1.54, 1.807) is 0 Å². The summed E-state index contributed by atoms with van der Waals surface area (Å²) >= 11 is 1.94. The van der Waals surface area contributed by atoms with E-state index in [1.165, 1.54) is 11.1 Å². The van der Waals surface area contributed by atoms with Crippen LogP contribution in [-0.2, 0) is 10.5 Å². The molecule has 0 bridgehead atoms. The van der Waals surface area contributed by atoms with Crippen LogP contribution in [0.15, 0.2) is 24.3 Å². The Morgan fingerprint density at radius 1 is 1.43 bits per heavy atom. The quantitative estimate of drug-likeness (QED) is 0.761. The van der Waals surface area contributed by atoms with Crippen LogP contribution in [0.2, 0.25) is 0 Å². The van der Waals surface area contributed by atoms with E-state index in [-0.39, 0.29) is 11.8 Å². The van der Waals surface area contributed by atoms with Crippen molar-refractivity contribution in [2.24, 2.45) is 5.92 Å². The van der Waals surface area contributed by atoms with Gasteiger partial charge in [-0.2, -0.15) is 11.8 Å². The number of aryl methyl sites for hydroxylation is 1. The van der Waals surface area contributed by atoms with Crippen molar-refractivity contribution >= 4 is 17.7 Å². The van der Waals surface area contributed by atoms with E-state index in [9.17, 15) is 4.79 Å². The van der Waals surface area contributed by atoms with E-state index < -0.39 is 0 Å². The average Bonchev–Trinajstić information content (AvgIpc) is 2.53. The van der Waals surface area contributed by atoms with Crippen molar-refractivity contribution < 1.29 is 4.79 Å².